The van der Waals surface area contributed by atoms with Crippen LogP contribution in [0.15, 0.2) is 0 Å². The van der Waals surface area contributed by atoms with Gasteiger partial charge in [-0.15, -0.1) is 0 Å². The second kappa shape index (κ2) is 4.90. The quantitative estimate of drug-likeness (QED) is 0.692. The predicted octanol–water partition coefficient (Wildman–Crippen LogP) is 4.84. The molecule has 0 spiro atoms. The highest BCUT2D eigenvalue weighted by molar-refractivity contribution is 5.85. The largest absolute Gasteiger partial charge is 0.299 e. The van der Waals surface area contributed by atoms with Gasteiger partial charge in [0.15, 0.2) is 0 Å². The van der Waals surface area contributed by atoms with Crippen LogP contribution in [0.3, 0.4) is 0 Å². The van der Waals surface area contributed by atoms with Gasteiger partial charge in [0.25, 0.3) is 0 Å². The molecule has 4 aliphatic carbocycles. The van der Waals surface area contributed by atoms with E-state index in [0.29, 0.717) is 11.7 Å². The molecule has 1 nitrogen and oxygen atoms in total. The highest BCUT2D eigenvalue weighted by Gasteiger charge is 2.54. The van der Waals surface area contributed by atoms with Crippen molar-refractivity contribution in [3.63, 3.8) is 0 Å². The lowest BCUT2D eigenvalue weighted by Crippen LogP contribution is -2.50. The predicted molar refractivity (Wildman–Crippen MR) is 78.8 cm³/mol. The third-order valence-corrected chi connectivity index (χ3v) is 6.04. The van der Waals surface area contributed by atoms with Gasteiger partial charge in [0.1, 0.15) is 5.78 Å². The molecular weight excluding hydrogens is 232 g/mol. The van der Waals surface area contributed by atoms with Crippen molar-refractivity contribution >= 4 is 5.78 Å². The first-order valence-corrected chi connectivity index (χ1v) is 8.50. The first-order chi connectivity index (χ1) is 8.97. The molecule has 19 heavy (non-hydrogen) atoms. The van der Waals surface area contributed by atoms with E-state index in [4.69, 9.17) is 0 Å². The van der Waals surface area contributed by atoms with Crippen molar-refractivity contribution in [2.75, 3.05) is 0 Å². The van der Waals surface area contributed by atoms with Gasteiger partial charge in [-0.05, 0) is 74.5 Å². The van der Waals surface area contributed by atoms with Crippen LogP contribution in [-0.2, 0) is 4.79 Å². The normalized spacial score (nSPS) is 41.8. The lowest BCUT2D eigenvalue weighted by Gasteiger charge is -2.56. The van der Waals surface area contributed by atoms with Crippen molar-refractivity contribution in [2.24, 2.45) is 35.0 Å². The van der Waals surface area contributed by atoms with Crippen LogP contribution in [0, 0.1) is 35.0 Å². The maximum absolute atomic E-state index is 12.9. The minimum absolute atomic E-state index is 0.139. The van der Waals surface area contributed by atoms with E-state index in [2.05, 4.69) is 20.8 Å². The van der Waals surface area contributed by atoms with Crippen LogP contribution in [0.2, 0.25) is 0 Å². The molecule has 4 rings (SSSR count). The number of carbonyl (C=O) groups is 1. The van der Waals surface area contributed by atoms with Crippen molar-refractivity contribution < 1.29 is 4.79 Å². The number of Topliss-reactive ketones (excluding diaryl/α,β-unsaturated/α-hetero) is 1. The Morgan fingerprint density at radius 2 is 1.47 bits per heavy atom. The van der Waals surface area contributed by atoms with Crippen LogP contribution in [0.1, 0.15) is 72.1 Å². The number of hydrogen-bond acceptors (Lipinski definition) is 1. The molecular formula is C18H30O. The van der Waals surface area contributed by atoms with E-state index in [0.717, 1.165) is 30.1 Å². The van der Waals surface area contributed by atoms with Gasteiger partial charge in [-0.3, -0.25) is 4.79 Å². The molecule has 108 valence electrons. The molecule has 4 bridgehead atoms. The average molecular weight is 262 g/mol. The van der Waals surface area contributed by atoms with Crippen molar-refractivity contribution in [3.8, 4) is 0 Å². The van der Waals surface area contributed by atoms with Gasteiger partial charge in [-0.2, -0.15) is 0 Å². The van der Waals surface area contributed by atoms with Gasteiger partial charge < -0.3 is 0 Å². The number of hydrogen-bond donors (Lipinski definition) is 0. The fourth-order valence-corrected chi connectivity index (χ4v) is 5.87. The van der Waals surface area contributed by atoms with Crippen molar-refractivity contribution in [1.82, 2.24) is 0 Å². The zero-order valence-electron chi connectivity index (χ0n) is 13.0. The summed E-state index contributed by atoms with van der Waals surface area (Å²) in [6.07, 6.45) is 10.1. The molecule has 0 aromatic heterocycles. The summed E-state index contributed by atoms with van der Waals surface area (Å²) < 4.78 is 0. The Morgan fingerprint density at radius 1 is 1.00 bits per heavy atom. The molecule has 4 fully saturated rings. The molecule has 0 aliphatic heterocycles. The SMILES string of the molecule is CC(C)CC(C)CC(=O)C12CC3CC(CC(C3)C1)C2. The van der Waals surface area contributed by atoms with E-state index in [-0.39, 0.29) is 5.41 Å². The van der Waals surface area contributed by atoms with Crippen molar-refractivity contribution in [3.05, 3.63) is 0 Å². The Hall–Kier alpha value is -0.330. The average Bonchev–Trinajstić information content (AvgIpc) is 2.25. The summed E-state index contributed by atoms with van der Waals surface area (Å²) in [5.74, 6) is 4.64. The third kappa shape index (κ3) is 2.62. The Bertz CT molecular complexity index is 319. The lowest BCUT2D eigenvalue weighted by atomic mass is 9.48. The van der Waals surface area contributed by atoms with E-state index in [1.807, 2.05) is 0 Å². The molecule has 0 saturated heterocycles. The number of rotatable bonds is 5. The van der Waals surface area contributed by atoms with Crippen LogP contribution in [0.4, 0.5) is 0 Å². The van der Waals surface area contributed by atoms with Crippen LogP contribution in [-0.4, -0.2) is 5.78 Å². The standard InChI is InChI=1S/C18H30O/c1-12(2)4-13(3)5-17(19)18-9-14-6-15(10-18)8-16(7-14)11-18/h12-16H,4-11H2,1-3H3. The van der Waals surface area contributed by atoms with Gasteiger partial charge in [-0.1, -0.05) is 20.8 Å². The van der Waals surface area contributed by atoms with Crippen LogP contribution >= 0.6 is 0 Å². The van der Waals surface area contributed by atoms with Crippen molar-refractivity contribution in [2.45, 2.75) is 72.1 Å². The number of ketones is 1. The highest BCUT2D eigenvalue weighted by Crippen LogP contribution is 2.60. The van der Waals surface area contributed by atoms with Crippen LogP contribution in [0.25, 0.3) is 0 Å². The van der Waals surface area contributed by atoms with Crippen LogP contribution in [0.5, 0.6) is 0 Å². The summed E-state index contributed by atoms with van der Waals surface area (Å²) in [6.45, 7) is 6.82. The molecule has 0 aromatic rings. The monoisotopic (exact) mass is 262 g/mol. The summed E-state index contributed by atoms with van der Waals surface area (Å²) >= 11 is 0. The Balaban J connectivity index is 1.66. The van der Waals surface area contributed by atoms with E-state index >= 15 is 0 Å². The molecule has 0 amide bonds. The summed E-state index contributed by atoms with van der Waals surface area (Å²) in [5.41, 5.74) is 0.139. The highest BCUT2D eigenvalue weighted by atomic mass is 16.1. The Kier molecular flexibility index (Phi) is 3.52. The fraction of sp³-hybridized carbons (Fsp3) is 0.944. The second-order valence-corrected chi connectivity index (χ2v) is 8.56. The van der Waals surface area contributed by atoms with Gasteiger partial charge in [-0.25, -0.2) is 0 Å². The summed E-state index contributed by atoms with van der Waals surface area (Å²) in [5, 5.41) is 0. The molecule has 4 saturated carbocycles. The molecule has 0 radical (unpaired) electrons. The van der Waals surface area contributed by atoms with Gasteiger partial charge in [0, 0.05) is 11.8 Å². The molecule has 1 heteroatoms. The van der Waals surface area contributed by atoms with Crippen LogP contribution < -0.4 is 0 Å². The smallest absolute Gasteiger partial charge is 0.139 e. The topological polar surface area (TPSA) is 17.1 Å². The fourth-order valence-electron chi connectivity index (χ4n) is 5.87. The van der Waals surface area contributed by atoms with Gasteiger partial charge in [0.2, 0.25) is 0 Å². The second-order valence-electron chi connectivity index (χ2n) is 8.56. The summed E-state index contributed by atoms with van der Waals surface area (Å²) in [4.78, 5) is 12.9. The third-order valence-electron chi connectivity index (χ3n) is 6.04. The molecule has 0 heterocycles. The Labute approximate surface area is 118 Å². The van der Waals surface area contributed by atoms with E-state index in [1.54, 1.807) is 0 Å². The minimum atomic E-state index is 0.139. The molecule has 0 aromatic carbocycles. The maximum atomic E-state index is 12.9. The molecule has 1 atom stereocenters. The molecule has 1 unspecified atom stereocenters. The maximum Gasteiger partial charge on any atom is 0.139 e. The molecule has 4 aliphatic rings. The van der Waals surface area contributed by atoms with E-state index in [9.17, 15) is 4.79 Å². The first kappa shape index (κ1) is 13.6. The zero-order chi connectivity index (χ0) is 13.6. The van der Waals surface area contributed by atoms with Gasteiger partial charge in [0.05, 0.1) is 0 Å². The molecule has 0 N–H and O–H groups in total. The summed E-state index contributed by atoms with van der Waals surface area (Å²) in [7, 11) is 0. The van der Waals surface area contributed by atoms with E-state index < -0.39 is 0 Å². The lowest BCUT2D eigenvalue weighted by molar-refractivity contribution is -0.144. The van der Waals surface area contributed by atoms with Gasteiger partial charge >= 0.3 is 0 Å². The minimum Gasteiger partial charge on any atom is -0.299 e. The number of carbonyl (C=O) groups excluding carboxylic acids is 1. The van der Waals surface area contributed by atoms with E-state index in [1.165, 1.54) is 44.9 Å². The summed E-state index contributed by atoms with van der Waals surface area (Å²) in [6, 6.07) is 0. The van der Waals surface area contributed by atoms with Crippen molar-refractivity contribution in [1.29, 1.82) is 0 Å². The Morgan fingerprint density at radius 3 is 1.89 bits per heavy atom. The first-order valence-electron chi connectivity index (χ1n) is 8.50. The zero-order valence-corrected chi connectivity index (χ0v) is 13.0.